The topological polar surface area (TPSA) is 76.1 Å². The van der Waals surface area contributed by atoms with Gasteiger partial charge in [0, 0.05) is 22.9 Å². The molecule has 0 spiro atoms. The monoisotopic (exact) mass is 386 g/mol. The molecule has 134 valence electrons. The maximum Gasteiger partial charge on any atom is 0.230 e. The molecule has 0 saturated heterocycles. The molecule has 0 atom stereocenters. The molecule has 0 fully saturated rings. The summed E-state index contributed by atoms with van der Waals surface area (Å²) in [5.41, 5.74) is 3.46. The number of hydrogen-bond acceptors (Lipinski definition) is 5. The molecule has 3 aromatic rings. The van der Waals surface area contributed by atoms with E-state index in [0.717, 1.165) is 22.4 Å². The molecule has 26 heavy (non-hydrogen) atoms. The largest absolute Gasteiger partial charge is 0.326 e. The van der Waals surface area contributed by atoms with Crippen molar-refractivity contribution in [3.8, 4) is 10.6 Å². The molecular formula is C19H18N2O3S2. The lowest BCUT2D eigenvalue weighted by atomic mass is 10.1. The van der Waals surface area contributed by atoms with Gasteiger partial charge in [-0.2, -0.15) is 0 Å². The minimum Gasteiger partial charge on any atom is -0.326 e. The molecule has 0 aliphatic rings. The van der Waals surface area contributed by atoms with E-state index in [0.29, 0.717) is 11.4 Å². The van der Waals surface area contributed by atoms with Crippen LogP contribution < -0.4 is 5.32 Å². The predicted octanol–water partition coefficient (Wildman–Crippen LogP) is 3.70. The molecule has 2 aromatic carbocycles. The Morgan fingerprint density at radius 3 is 2.54 bits per heavy atom. The zero-order valence-electron chi connectivity index (χ0n) is 14.4. The average molecular weight is 386 g/mol. The summed E-state index contributed by atoms with van der Waals surface area (Å²) in [7, 11) is -3.24. The SMILES string of the molecule is Cc1cccc(-c2nc(CC(=O)Nc3ccc(S(C)(=O)=O)cc3)cs2)c1. The van der Waals surface area contributed by atoms with E-state index in [-0.39, 0.29) is 17.2 Å². The first-order valence-electron chi connectivity index (χ1n) is 7.93. The molecule has 0 bridgehead atoms. The van der Waals surface area contributed by atoms with Gasteiger partial charge < -0.3 is 5.32 Å². The van der Waals surface area contributed by atoms with Crippen LogP contribution in [0.1, 0.15) is 11.3 Å². The second-order valence-corrected chi connectivity index (χ2v) is 8.91. The summed E-state index contributed by atoms with van der Waals surface area (Å²) in [6.45, 7) is 2.03. The minimum absolute atomic E-state index is 0.163. The zero-order valence-corrected chi connectivity index (χ0v) is 16.0. The van der Waals surface area contributed by atoms with Crippen LogP contribution in [-0.2, 0) is 21.1 Å². The first-order chi connectivity index (χ1) is 12.3. The number of carbonyl (C=O) groups excluding carboxylic acids is 1. The van der Waals surface area contributed by atoms with Crippen molar-refractivity contribution < 1.29 is 13.2 Å². The Bertz CT molecular complexity index is 1040. The number of thiazole rings is 1. The lowest BCUT2D eigenvalue weighted by Gasteiger charge is -2.05. The number of anilines is 1. The number of aromatic nitrogens is 1. The summed E-state index contributed by atoms with van der Waals surface area (Å²) < 4.78 is 22.9. The fraction of sp³-hybridized carbons (Fsp3) is 0.158. The van der Waals surface area contributed by atoms with Crippen molar-refractivity contribution in [3.63, 3.8) is 0 Å². The fourth-order valence-electron chi connectivity index (χ4n) is 2.45. The molecule has 3 rings (SSSR count). The van der Waals surface area contributed by atoms with Gasteiger partial charge in [0.15, 0.2) is 9.84 Å². The Kier molecular flexibility index (Phi) is 5.20. The van der Waals surface area contributed by atoms with E-state index >= 15 is 0 Å². The van der Waals surface area contributed by atoms with Gasteiger partial charge in [0.25, 0.3) is 0 Å². The second kappa shape index (κ2) is 7.39. The molecule has 1 amide bonds. The van der Waals surface area contributed by atoms with Gasteiger partial charge in [-0.15, -0.1) is 11.3 Å². The predicted molar refractivity (Wildman–Crippen MR) is 104 cm³/mol. The molecule has 1 heterocycles. The van der Waals surface area contributed by atoms with Crippen LogP contribution in [0.3, 0.4) is 0 Å². The standard InChI is InChI=1S/C19H18N2O3S2/c1-13-4-3-5-14(10-13)19-21-16(12-25-19)11-18(22)20-15-6-8-17(9-7-15)26(2,23)24/h3-10,12H,11H2,1-2H3,(H,20,22). The maximum absolute atomic E-state index is 12.2. The highest BCUT2D eigenvalue weighted by atomic mass is 32.2. The Morgan fingerprint density at radius 1 is 1.15 bits per heavy atom. The lowest BCUT2D eigenvalue weighted by Crippen LogP contribution is -2.14. The number of carbonyl (C=O) groups is 1. The maximum atomic E-state index is 12.2. The van der Waals surface area contributed by atoms with Gasteiger partial charge in [-0.1, -0.05) is 23.8 Å². The quantitative estimate of drug-likeness (QED) is 0.725. The average Bonchev–Trinajstić information content (AvgIpc) is 3.03. The number of nitrogens with one attached hydrogen (secondary N) is 1. The van der Waals surface area contributed by atoms with Gasteiger partial charge in [0.2, 0.25) is 5.91 Å². The van der Waals surface area contributed by atoms with E-state index in [9.17, 15) is 13.2 Å². The molecular weight excluding hydrogens is 368 g/mol. The number of sulfone groups is 1. The Labute approximate surface area is 156 Å². The van der Waals surface area contributed by atoms with Crippen LogP contribution in [0.5, 0.6) is 0 Å². The van der Waals surface area contributed by atoms with Gasteiger partial charge in [-0.25, -0.2) is 13.4 Å². The summed E-state index contributed by atoms with van der Waals surface area (Å²) in [5, 5.41) is 5.52. The van der Waals surface area contributed by atoms with Gasteiger partial charge >= 0.3 is 0 Å². The summed E-state index contributed by atoms with van der Waals surface area (Å²) in [4.78, 5) is 16.9. The number of amides is 1. The molecule has 0 unspecified atom stereocenters. The summed E-state index contributed by atoms with van der Waals surface area (Å²) in [5.74, 6) is -0.196. The third-order valence-corrected chi connectivity index (χ3v) is 5.79. The molecule has 1 N–H and O–H groups in total. The van der Waals surface area contributed by atoms with Crippen LogP contribution in [0.2, 0.25) is 0 Å². The molecule has 7 heteroatoms. The molecule has 0 aliphatic carbocycles. The van der Waals surface area contributed by atoms with Crippen LogP contribution in [0, 0.1) is 6.92 Å². The van der Waals surface area contributed by atoms with E-state index in [1.165, 1.54) is 23.5 Å². The molecule has 0 aliphatic heterocycles. The van der Waals surface area contributed by atoms with E-state index < -0.39 is 9.84 Å². The number of nitrogens with zero attached hydrogens (tertiary/aromatic N) is 1. The number of aryl methyl sites for hydroxylation is 1. The van der Waals surface area contributed by atoms with Crippen LogP contribution >= 0.6 is 11.3 Å². The zero-order chi connectivity index (χ0) is 18.7. The van der Waals surface area contributed by atoms with Gasteiger partial charge in [0.05, 0.1) is 17.0 Å². The van der Waals surface area contributed by atoms with Crippen LogP contribution in [-0.4, -0.2) is 25.6 Å². The number of hydrogen-bond donors (Lipinski definition) is 1. The number of benzene rings is 2. The van der Waals surface area contributed by atoms with Crippen molar-refractivity contribution in [2.45, 2.75) is 18.2 Å². The first-order valence-corrected chi connectivity index (χ1v) is 10.7. The highest BCUT2D eigenvalue weighted by Gasteiger charge is 2.11. The van der Waals surface area contributed by atoms with Crippen LogP contribution in [0.15, 0.2) is 58.8 Å². The third kappa shape index (κ3) is 4.56. The van der Waals surface area contributed by atoms with Gasteiger partial charge in [-0.3, -0.25) is 4.79 Å². The normalized spacial score (nSPS) is 11.3. The highest BCUT2D eigenvalue weighted by Crippen LogP contribution is 2.24. The smallest absolute Gasteiger partial charge is 0.230 e. The third-order valence-electron chi connectivity index (χ3n) is 3.72. The molecule has 0 radical (unpaired) electrons. The number of rotatable bonds is 5. The minimum atomic E-state index is -3.24. The lowest BCUT2D eigenvalue weighted by molar-refractivity contribution is -0.115. The van der Waals surface area contributed by atoms with Crippen LogP contribution in [0.25, 0.3) is 10.6 Å². The van der Waals surface area contributed by atoms with Crippen LogP contribution in [0.4, 0.5) is 5.69 Å². The van der Waals surface area contributed by atoms with Gasteiger partial charge in [0.1, 0.15) is 5.01 Å². The molecule has 1 aromatic heterocycles. The van der Waals surface area contributed by atoms with E-state index in [1.807, 2.05) is 30.5 Å². The van der Waals surface area contributed by atoms with Crippen molar-refractivity contribution in [3.05, 3.63) is 65.2 Å². The Balaban J connectivity index is 1.65. The molecule has 5 nitrogen and oxygen atoms in total. The Hall–Kier alpha value is -2.51. The van der Waals surface area contributed by atoms with E-state index in [4.69, 9.17) is 0 Å². The van der Waals surface area contributed by atoms with Gasteiger partial charge in [-0.05, 0) is 37.3 Å². The molecule has 0 saturated carbocycles. The summed E-state index contributed by atoms with van der Waals surface area (Å²) in [6, 6.07) is 14.2. The van der Waals surface area contributed by atoms with Crippen molar-refractivity contribution in [1.82, 2.24) is 4.98 Å². The van der Waals surface area contributed by atoms with Crippen molar-refractivity contribution >= 4 is 32.8 Å². The van der Waals surface area contributed by atoms with Crippen molar-refractivity contribution in [2.24, 2.45) is 0 Å². The fourth-order valence-corrected chi connectivity index (χ4v) is 3.90. The summed E-state index contributed by atoms with van der Waals surface area (Å²) in [6.07, 6.45) is 1.31. The first kappa shape index (κ1) is 18.3. The van der Waals surface area contributed by atoms with Crippen molar-refractivity contribution in [2.75, 3.05) is 11.6 Å². The van der Waals surface area contributed by atoms with E-state index in [2.05, 4.69) is 16.4 Å². The highest BCUT2D eigenvalue weighted by molar-refractivity contribution is 7.90. The van der Waals surface area contributed by atoms with E-state index in [1.54, 1.807) is 12.1 Å². The Morgan fingerprint density at radius 2 is 1.88 bits per heavy atom. The second-order valence-electron chi connectivity index (χ2n) is 6.03. The van der Waals surface area contributed by atoms with Crippen molar-refractivity contribution in [1.29, 1.82) is 0 Å². The summed E-state index contributed by atoms with van der Waals surface area (Å²) >= 11 is 1.51.